The Morgan fingerprint density at radius 1 is 1.67 bits per heavy atom. The lowest BCUT2D eigenvalue weighted by molar-refractivity contribution is -0.141. The molecule has 0 aliphatic rings. The molecule has 0 rings (SSSR count). The number of aliphatic hydroxyl groups is 1. The molecule has 0 spiro atoms. The molecule has 0 amide bonds. The lowest BCUT2D eigenvalue weighted by Gasteiger charge is -2.08. The molecular weight excluding hydrogens is 158 g/mol. The van der Waals surface area contributed by atoms with Gasteiger partial charge in [-0.25, -0.2) is 0 Å². The molecule has 0 saturated carbocycles. The van der Waals surface area contributed by atoms with Crippen molar-refractivity contribution in [2.45, 2.75) is 25.9 Å². The monoisotopic (exact) mass is 175 g/mol. The largest absolute Gasteiger partial charge is 0.466 e. The highest BCUT2D eigenvalue weighted by atomic mass is 16.5. The summed E-state index contributed by atoms with van der Waals surface area (Å²) < 4.78 is 4.70. The Morgan fingerprint density at radius 3 is 2.83 bits per heavy atom. The van der Waals surface area contributed by atoms with Crippen LogP contribution in [0.3, 0.4) is 0 Å². The van der Waals surface area contributed by atoms with Crippen molar-refractivity contribution in [3.05, 3.63) is 0 Å². The molecule has 0 aromatic carbocycles. The van der Waals surface area contributed by atoms with E-state index in [-0.39, 0.29) is 12.1 Å². The second-order valence-electron chi connectivity index (χ2n) is 2.69. The van der Waals surface area contributed by atoms with E-state index in [9.17, 15) is 9.90 Å². The van der Waals surface area contributed by atoms with Crippen molar-refractivity contribution in [2.24, 2.45) is 0 Å². The number of rotatable bonds is 6. The predicted molar refractivity (Wildman–Crippen MR) is 45.8 cm³/mol. The molecule has 72 valence electrons. The maximum Gasteiger partial charge on any atom is 0.302 e. The Kier molecular flexibility index (Phi) is 6.70. The molecule has 12 heavy (non-hydrogen) atoms. The van der Waals surface area contributed by atoms with Gasteiger partial charge in [-0.2, -0.15) is 0 Å². The van der Waals surface area contributed by atoms with Gasteiger partial charge in [-0.15, -0.1) is 0 Å². The highest BCUT2D eigenvalue weighted by Gasteiger charge is 2.01. The van der Waals surface area contributed by atoms with Gasteiger partial charge in [0.15, 0.2) is 0 Å². The second kappa shape index (κ2) is 7.06. The van der Waals surface area contributed by atoms with Crippen LogP contribution in [0.1, 0.15) is 19.8 Å². The summed E-state index contributed by atoms with van der Waals surface area (Å²) in [6, 6.07) is 0. The van der Waals surface area contributed by atoms with E-state index in [1.54, 1.807) is 7.05 Å². The minimum absolute atomic E-state index is 0.266. The van der Waals surface area contributed by atoms with Gasteiger partial charge in [0.05, 0.1) is 12.7 Å². The van der Waals surface area contributed by atoms with Gasteiger partial charge in [0, 0.05) is 13.5 Å². The van der Waals surface area contributed by atoms with E-state index in [0.29, 0.717) is 26.0 Å². The second-order valence-corrected chi connectivity index (χ2v) is 2.69. The maximum atomic E-state index is 10.3. The average molecular weight is 175 g/mol. The van der Waals surface area contributed by atoms with Crippen molar-refractivity contribution < 1.29 is 14.6 Å². The third-order valence-corrected chi connectivity index (χ3v) is 1.43. The van der Waals surface area contributed by atoms with Crippen LogP contribution >= 0.6 is 0 Å². The summed E-state index contributed by atoms with van der Waals surface area (Å²) in [6.45, 7) is 2.36. The summed E-state index contributed by atoms with van der Waals surface area (Å²) in [5.41, 5.74) is 0. The van der Waals surface area contributed by atoms with Gasteiger partial charge in [0.2, 0.25) is 0 Å². The molecule has 0 fully saturated rings. The summed E-state index contributed by atoms with van der Waals surface area (Å²) in [6.07, 6.45) is 1.03. The quantitative estimate of drug-likeness (QED) is 0.437. The van der Waals surface area contributed by atoms with Gasteiger partial charge in [0.25, 0.3) is 0 Å². The fourth-order valence-corrected chi connectivity index (χ4v) is 0.873. The van der Waals surface area contributed by atoms with E-state index in [1.165, 1.54) is 6.92 Å². The van der Waals surface area contributed by atoms with Gasteiger partial charge in [-0.1, -0.05) is 0 Å². The Morgan fingerprint density at radius 2 is 2.33 bits per heavy atom. The molecule has 1 atom stereocenters. The number of ether oxygens (including phenoxy) is 1. The molecule has 0 aliphatic heterocycles. The predicted octanol–water partition coefficient (Wildman–Crippen LogP) is -0.0900. The Labute approximate surface area is 72.9 Å². The van der Waals surface area contributed by atoms with Gasteiger partial charge in [-0.3, -0.25) is 4.79 Å². The SMILES string of the molecule is CNCC(O)CCCOC(C)=O. The summed E-state index contributed by atoms with van der Waals surface area (Å²) in [4.78, 5) is 10.3. The molecule has 0 bridgehead atoms. The van der Waals surface area contributed by atoms with Gasteiger partial charge in [-0.05, 0) is 19.9 Å². The lowest BCUT2D eigenvalue weighted by Crippen LogP contribution is -2.23. The highest BCUT2D eigenvalue weighted by Crippen LogP contribution is 1.96. The minimum Gasteiger partial charge on any atom is -0.466 e. The smallest absolute Gasteiger partial charge is 0.302 e. The van der Waals surface area contributed by atoms with Crippen LogP contribution in [0.15, 0.2) is 0 Å². The van der Waals surface area contributed by atoms with E-state index in [0.717, 1.165) is 0 Å². The van der Waals surface area contributed by atoms with Crippen molar-refractivity contribution in [1.82, 2.24) is 5.32 Å². The third-order valence-electron chi connectivity index (χ3n) is 1.43. The van der Waals surface area contributed by atoms with E-state index in [1.807, 2.05) is 0 Å². The number of esters is 1. The first-order valence-electron chi connectivity index (χ1n) is 4.13. The number of hydrogen-bond donors (Lipinski definition) is 2. The first-order valence-corrected chi connectivity index (χ1v) is 4.13. The summed E-state index contributed by atoms with van der Waals surface area (Å²) in [5.74, 6) is -0.266. The number of carbonyl (C=O) groups is 1. The van der Waals surface area contributed by atoms with E-state index in [2.05, 4.69) is 5.32 Å². The molecular formula is C8H17NO3. The van der Waals surface area contributed by atoms with Crippen molar-refractivity contribution in [2.75, 3.05) is 20.2 Å². The zero-order valence-electron chi connectivity index (χ0n) is 7.67. The topological polar surface area (TPSA) is 58.6 Å². The van der Waals surface area contributed by atoms with E-state index >= 15 is 0 Å². The number of hydrogen-bond acceptors (Lipinski definition) is 4. The third kappa shape index (κ3) is 7.50. The minimum atomic E-state index is -0.342. The Balaban J connectivity index is 3.13. The van der Waals surface area contributed by atoms with Crippen molar-refractivity contribution >= 4 is 5.97 Å². The number of nitrogens with one attached hydrogen (secondary N) is 1. The van der Waals surface area contributed by atoms with Crippen LogP contribution in [-0.2, 0) is 9.53 Å². The summed E-state index contributed by atoms with van der Waals surface area (Å²) in [5, 5.41) is 12.1. The van der Waals surface area contributed by atoms with Crippen LogP contribution in [-0.4, -0.2) is 37.4 Å². The number of likely N-dealkylation sites (N-methyl/N-ethyl adjacent to an activating group) is 1. The lowest BCUT2D eigenvalue weighted by atomic mass is 10.2. The highest BCUT2D eigenvalue weighted by molar-refractivity contribution is 5.65. The zero-order valence-corrected chi connectivity index (χ0v) is 7.67. The fourth-order valence-electron chi connectivity index (χ4n) is 0.873. The van der Waals surface area contributed by atoms with Crippen molar-refractivity contribution in [3.63, 3.8) is 0 Å². The van der Waals surface area contributed by atoms with Crippen LogP contribution in [0.25, 0.3) is 0 Å². The molecule has 1 unspecified atom stereocenters. The number of aliphatic hydroxyl groups excluding tert-OH is 1. The van der Waals surface area contributed by atoms with E-state index < -0.39 is 0 Å². The Bertz CT molecular complexity index is 127. The zero-order chi connectivity index (χ0) is 9.40. The van der Waals surface area contributed by atoms with Gasteiger partial charge >= 0.3 is 5.97 Å². The molecule has 0 aromatic rings. The van der Waals surface area contributed by atoms with E-state index in [4.69, 9.17) is 4.74 Å². The van der Waals surface area contributed by atoms with Gasteiger partial charge < -0.3 is 15.2 Å². The van der Waals surface area contributed by atoms with Crippen LogP contribution in [0.2, 0.25) is 0 Å². The first kappa shape index (κ1) is 11.4. The summed E-state index contributed by atoms with van der Waals surface area (Å²) in [7, 11) is 1.79. The Hall–Kier alpha value is -0.610. The van der Waals surface area contributed by atoms with Crippen molar-refractivity contribution in [1.29, 1.82) is 0 Å². The standard InChI is InChI=1S/C8H17NO3/c1-7(10)12-5-3-4-8(11)6-9-2/h8-9,11H,3-6H2,1-2H3. The van der Waals surface area contributed by atoms with Crippen molar-refractivity contribution in [3.8, 4) is 0 Å². The van der Waals surface area contributed by atoms with Crippen LogP contribution in [0.5, 0.6) is 0 Å². The molecule has 0 aromatic heterocycles. The number of carbonyl (C=O) groups excluding carboxylic acids is 1. The molecule has 2 N–H and O–H groups in total. The van der Waals surface area contributed by atoms with Crippen LogP contribution in [0, 0.1) is 0 Å². The molecule has 0 radical (unpaired) electrons. The normalized spacial score (nSPS) is 12.6. The molecule has 0 heterocycles. The molecule has 0 aliphatic carbocycles. The van der Waals surface area contributed by atoms with Gasteiger partial charge in [0.1, 0.15) is 0 Å². The van der Waals surface area contributed by atoms with Crippen LogP contribution < -0.4 is 5.32 Å². The van der Waals surface area contributed by atoms with Crippen LogP contribution in [0.4, 0.5) is 0 Å². The first-order chi connectivity index (χ1) is 5.66. The summed E-state index contributed by atoms with van der Waals surface area (Å²) >= 11 is 0. The molecule has 4 nitrogen and oxygen atoms in total. The maximum absolute atomic E-state index is 10.3. The molecule has 0 saturated heterocycles. The molecule has 4 heteroatoms. The fraction of sp³-hybridized carbons (Fsp3) is 0.875. The average Bonchev–Trinajstić information content (AvgIpc) is 1.98.